The Bertz CT molecular complexity index is 437. The van der Waals surface area contributed by atoms with Gasteiger partial charge in [0.05, 0.1) is 12.1 Å². The summed E-state index contributed by atoms with van der Waals surface area (Å²) < 4.78 is 5.42. The van der Waals surface area contributed by atoms with E-state index in [9.17, 15) is 4.79 Å². The van der Waals surface area contributed by atoms with Gasteiger partial charge < -0.3 is 15.8 Å². The Morgan fingerprint density at radius 2 is 2.22 bits per heavy atom. The molecule has 1 aliphatic rings. The first-order valence-electron chi connectivity index (χ1n) is 5.86. The predicted molar refractivity (Wildman–Crippen MR) is 74.1 cm³/mol. The molecule has 0 radical (unpaired) electrons. The molecule has 1 aromatic carbocycles. The molecule has 5 heteroatoms. The second-order valence-corrected chi connectivity index (χ2v) is 4.52. The summed E-state index contributed by atoms with van der Waals surface area (Å²) in [6.45, 7) is 4.59. The minimum absolute atomic E-state index is 0. The summed E-state index contributed by atoms with van der Waals surface area (Å²) >= 11 is 0. The van der Waals surface area contributed by atoms with Crippen LogP contribution in [-0.4, -0.2) is 24.7 Å². The van der Waals surface area contributed by atoms with Crippen LogP contribution in [0.3, 0.4) is 0 Å². The largest absolute Gasteiger partial charge is 0.399 e. The quantitative estimate of drug-likeness (QED) is 0.807. The highest BCUT2D eigenvalue weighted by Gasteiger charge is 2.26. The van der Waals surface area contributed by atoms with Crippen molar-refractivity contribution in [1.82, 2.24) is 5.32 Å². The maximum Gasteiger partial charge on any atom is 0.251 e. The van der Waals surface area contributed by atoms with E-state index in [2.05, 4.69) is 5.32 Å². The molecule has 1 saturated heterocycles. The molecule has 1 amide bonds. The summed E-state index contributed by atoms with van der Waals surface area (Å²) in [7, 11) is 0. The van der Waals surface area contributed by atoms with Crippen LogP contribution in [0.1, 0.15) is 29.3 Å². The number of hydrogen-bond donors (Lipinski definition) is 2. The smallest absolute Gasteiger partial charge is 0.251 e. The first kappa shape index (κ1) is 14.8. The standard InChI is InChI=1S/C13H18N2O2.ClH/c1-8-3-4-10(14)7-11(8)13(16)15-12-5-6-17-9(12)2;/h3-4,7,9,12H,5-6,14H2,1-2H3,(H,15,16);1H. The highest BCUT2D eigenvalue weighted by atomic mass is 35.5. The van der Waals surface area contributed by atoms with Crippen molar-refractivity contribution in [2.75, 3.05) is 12.3 Å². The third-order valence-corrected chi connectivity index (χ3v) is 3.20. The number of rotatable bonds is 2. The molecule has 0 spiro atoms. The van der Waals surface area contributed by atoms with Crippen LogP contribution in [0.4, 0.5) is 5.69 Å². The Kier molecular flexibility index (Phi) is 4.99. The van der Waals surface area contributed by atoms with Crippen LogP contribution in [0.5, 0.6) is 0 Å². The molecule has 18 heavy (non-hydrogen) atoms. The first-order chi connectivity index (χ1) is 8.08. The van der Waals surface area contributed by atoms with Crippen molar-refractivity contribution in [2.24, 2.45) is 0 Å². The Morgan fingerprint density at radius 1 is 1.50 bits per heavy atom. The number of amides is 1. The molecule has 3 N–H and O–H groups in total. The lowest BCUT2D eigenvalue weighted by Gasteiger charge is -2.17. The average molecular weight is 271 g/mol. The summed E-state index contributed by atoms with van der Waals surface area (Å²) in [4.78, 5) is 12.1. The number of benzene rings is 1. The van der Waals surface area contributed by atoms with E-state index in [1.54, 1.807) is 12.1 Å². The lowest BCUT2D eigenvalue weighted by molar-refractivity contribution is 0.0865. The maximum absolute atomic E-state index is 12.1. The van der Waals surface area contributed by atoms with Crippen LogP contribution in [-0.2, 0) is 4.74 Å². The monoisotopic (exact) mass is 270 g/mol. The van der Waals surface area contributed by atoms with Gasteiger partial charge >= 0.3 is 0 Å². The molecule has 1 heterocycles. The number of hydrogen-bond acceptors (Lipinski definition) is 3. The lowest BCUT2D eigenvalue weighted by Crippen LogP contribution is -2.39. The zero-order valence-corrected chi connectivity index (χ0v) is 11.4. The number of nitrogen functional groups attached to an aromatic ring is 1. The molecule has 0 aliphatic carbocycles. The van der Waals surface area contributed by atoms with Crippen molar-refractivity contribution < 1.29 is 9.53 Å². The molecule has 0 bridgehead atoms. The number of carbonyl (C=O) groups excluding carboxylic acids is 1. The fourth-order valence-corrected chi connectivity index (χ4v) is 2.05. The van der Waals surface area contributed by atoms with E-state index < -0.39 is 0 Å². The molecular weight excluding hydrogens is 252 g/mol. The van der Waals surface area contributed by atoms with Gasteiger partial charge in [-0.2, -0.15) is 0 Å². The first-order valence-corrected chi connectivity index (χ1v) is 5.86. The molecule has 100 valence electrons. The summed E-state index contributed by atoms with van der Waals surface area (Å²) in [6, 6.07) is 5.47. The molecule has 2 unspecified atom stereocenters. The van der Waals surface area contributed by atoms with Crippen LogP contribution in [0.15, 0.2) is 18.2 Å². The van der Waals surface area contributed by atoms with E-state index in [-0.39, 0.29) is 30.5 Å². The summed E-state index contributed by atoms with van der Waals surface area (Å²) in [6.07, 6.45) is 0.953. The van der Waals surface area contributed by atoms with E-state index in [4.69, 9.17) is 10.5 Å². The van der Waals surface area contributed by atoms with Gasteiger partial charge in [0.15, 0.2) is 0 Å². The van der Waals surface area contributed by atoms with Gasteiger partial charge in [0.25, 0.3) is 5.91 Å². The second kappa shape index (κ2) is 6.07. The molecular formula is C13H19ClN2O2. The van der Waals surface area contributed by atoms with Crippen molar-refractivity contribution in [3.8, 4) is 0 Å². The number of ether oxygens (including phenoxy) is 1. The normalized spacial score (nSPS) is 22.3. The van der Waals surface area contributed by atoms with Crippen LogP contribution < -0.4 is 11.1 Å². The van der Waals surface area contributed by atoms with Gasteiger partial charge in [0.2, 0.25) is 0 Å². The van der Waals surface area contributed by atoms with Crippen molar-refractivity contribution in [3.05, 3.63) is 29.3 Å². The van der Waals surface area contributed by atoms with Crippen molar-refractivity contribution in [2.45, 2.75) is 32.4 Å². The predicted octanol–water partition coefficient (Wildman–Crippen LogP) is 1.91. The van der Waals surface area contributed by atoms with Gasteiger partial charge in [-0.25, -0.2) is 0 Å². The maximum atomic E-state index is 12.1. The van der Waals surface area contributed by atoms with Gasteiger partial charge in [-0.05, 0) is 38.0 Å². The third-order valence-electron chi connectivity index (χ3n) is 3.20. The number of nitrogens with two attached hydrogens (primary N) is 1. The van der Waals surface area contributed by atoms with Crippen LogP contribution in [0.25, 0.3) is 0 Å². The summed E-state index contributed by atoms with van der Waals surface area (Å²) in [5, 5.41) is 2.99. The van der Waals surface area contributed by atoms with Crippen LogP contribution in [0.2, 0.25) is 0 Å². The average Bonchev–Trinajstić information content (AvgIpc) is 2.68. The summed E-state index contributed by atoms with van der Waals surface area (Å²) in [5.74, 6) is -0.0721. The van der Waals surface area contributed by atoms with E-state index in [0.717, 1.165) is 12.0 Å². The molecule has 4 nitrogen and oxygen atoms in total. The SMILES string of the molecule is Cc1ccc(N)cc1C(=O)NC1CCOC1C.Cl. The third kappa shape index (κ3) is 3.15. The van der Waals surface area contributed by atoms with Gasteiger partial charge in [-0.1, -0.05) is 6.07 Å². The number of anilines is 1. The van der Waals surface area contributed by atoms with E-state index >= 15 is 0 Å². The fraction of sp³-hybridized carbons (Fsp3) is 0.462. The summed E-state index contributed by atoms with van der Waals surface area (Å²) in [5.41, 5.74) is 7.88. The van der Waals surface area contributed by atoms with Crippen molar-refractivity contribution in [3.63, 3.8) is 0 Å². The van der Waals surface area contributed by atoms with E-state index in [1.807, 2.05) is 19.9 Å². The highest BCUT2D eigenvalue weighted by molar-refractivity contribution is 5.96. The zero-order valence-electron chi connectivity index (χ0n) is 10.6. The van der Waals surface area contributed by atoms with E-state index in [0.29, 0.717) is 17.9 Å². The minimum atomic E-state index is -0.0721. The molecule has 1 fully saturated rings. The number of halogens is 1. The van der Waals surface area contributed by atoms with Crippen LogP contribution in [0, 0.1) is 6.92 Å². The van der Waals surface area contributed by atoms with Crippen molar-refractivity contribution in [1.29, 1.82) is 0 Å². The number of aryl methyl sites for hydroxylation is 1. The molecule has 1 aliphatic heterocycles. The number of nitrogens with one attached hydrogen (secondary N) is 1. The van der Waals surface area contributed by atoms with Crippen molar-refractivity contribution >= 4 is 24.0 Å². The Labute approximate surface area is 113 Å². The Morgan fingerprint density at radius 3 is 2.83 bits per heavy atom. The van der Waals surface area contributed by atoms with Gasteiger partial charge in [-0.3, -0.25) is 4.79 Å². The Balaban J connectivity index is 0.00000162. The van der Waals surface area contributed by atoms with Gasteiger partial charge in [0, 0.05) is 17.9 Å². The van der Waals surface area contributed by atoms with Gasteiger partial charge in [-0.15, -0.1) is 12.4 Å². The fourth-order valence-electron chi connectivity index (χ4n) is 2.05. The molecule has 2 rings (SSSR count). The topological polar surface area (TPSA) is 64.4 Å². The lowest BCUT2D eigenvalue weighted by atomic mass is 10.1. The number of carbonyl (C=O) groups is 1. The second-order valence-electron chi connectivity index (χ2n) is 4.52. The Hall–Kier alpha value is -1.26. The molecule has 1 aromatic rings. The van der Waals surface area contributed by atoms with E-state index in [1.165, 1.54) is 0 Å². The van der Waals surface area contributed by atoms with Crippen LogP contribution >= 0.6 is 12.4 Å². The minimum Gasteiger partial charge on any atom is -0.399 e. The molecule has 0 aromatic heterocycles. The van der Waals surface area contributed by atoms with Gasteiger partial charge in [0.1, 0.15) is 0 Å². The molecule has 2 atom stereocenters. The molecule has 0 saturated carbocycles. The highest BCUT2D eigenvalue weighted by Crippen LogP contribution is 2.16. The zero-order chi connectivity index (χ0) is 12.4.